The molecule has 1 aliphatic rings. The molecule has 110 valence electrons. The van der Waals surface area contributed by atoms with Crippen LogP contribution in [0.1, 0.15) is 23.3 Å². The van der Waals surface area contributed by atoms with Gasteiger partial charge in [0.15, 0.2) is 0 Å². The summed E-state index contributed by atoms with van der Waals surface area (Å²) in [4.78, 5) is 11.3. The van der Waals surface area contributed by atoms with Crippen LogP contribution in [0.5, 0.6) is 0 Å². The molecule has 0 unspecified atom stereocenters. The van der Waals surface area contributed by atoms with Crippen molar-refractivity contribution in [2.75, 3.05) is 7.05 Å². The van der Waals surface area contributed by atoms with Crippen molar-refractivity contribution in [3.8, 4) is 0 Å². The van der Waals surface area contributed by atoms with Gasteiger partial charge in [0.1, 0.15) is 0 Å². The monoisotopic (exact) mass is 316 g/mol. The first-order valence-corrected chi connectivity index (χ1v) is 8.41. The third-order valence-corrected chi connectivity index (χ3v) is 5.29. The maximum Gasteiger partial charge on any atom is 0.328 e. The van der Waals surface area contributed by atoms with E-state index in [0.717, 1.165) is 29.4 Å². The molecular weight excluding hydrogens is 300 g/mol. The van der Waals surface area contributed by atoms with Crippen LogP contribution in [0, 0.1) is 0 Å². The van der Waals surface area contributed by atoms with E-state index < -0.39 is 16.2 Å². The van der Waals surface area contributed by atoms with E-state index in [0.29, 0.717) is 0 Å². The molecule has 1 aromatic rings. The summed E-state index contributed by atoms with van der Waals surface area (Å²) in [7, 11) is -1.91. The van der Waals surface area contributed by atoms with Crippen LogP contribution >= 0.6 is 11.3 Å². The van der Waals surface area contributed by atoms with E-state index in [4.69, 9.17) is 5.11 Å². The number of nitrogens with one attached hydrogen (secondary N) is 1. The van der Waals surface area contributed by atoms with Gasteiger partial charge in [-0.3, -0.25) is 0 Å². The van der Waals surface area contributed by atoms with Crippen LogP contribution in [0.25, 0.3) is 6.08 Å². The number of hydrogen-bond donors (Lipinski definition) is 2. The SMILES string of the molecule is CN(Cc1cc(/C=C/C(=O)O)cs1)S(=O)(=O)NC1CC1. The minimum absolute atomic E-state index is 0.0832. The molecule has 0 spiro atoms. The van der Waals surface area contributed by atoms with Crippen molar-refractivity contribution >= 4 is 33.6 Å². The van der Waals surface area contributed by atoms with Crippen LogP contribution in [0.2, 0.25) is 0 Å². The zero-order valence-corrected chi connectivity index (χ0v) is 12.6. The molecule has 0 aromatic carbocycles. The highest BCUT2D eigenvalue weighted by Crippen LogP contribution is 2.22. The quantitative estimate of drug-likeness (QED) is 0.742. The van der Waals surface area contributed by atoms with Crippen molar-refractivity contribution in [1.82, 2.24) is 9.03 Å². The van der Waals surface area contributed by atoms with E-state index in [1.807, 2.05) is 0 Å². The number of carboxylic acids is 1. The number of carboxylic acid groups (broad SMARTS) is 1. The maximum absolute atomic E-state index is 11.9. The molecule has 1 saturated carbocycles. The van der Waals surface area contributed by atoms with Crippen LogP contribution in [-0.4, -0.2) is 36.9 Å². The molecule has 0 radical (unpaired) electrons. The minimum Gasteiger partial charge on any atom is -0.478 e. The summed E-state index contributed by atoms with van der Waals surface area (Å²) in [5.41, 5.74) is 0.758. The highest BCUT2D eigenvalue weighted by Gasteiger charge is 2.29. The Balaban J connectivity index is 1.97. The number of carbonyl (C=O) groups is 1. The topological polar surface area (TPSA) is 86.7 Å². The Labute approximate surface area is 121 Å². The standard InChI is InChI=1S/C12H16N2O4S2/c1-14(20(17,18)13-10-3-4-10)7-11-6-9(8-19-11)2-5-12(15)16/h2,5-6,8,10,13H,3-4,7H2,1H3,(H,15,16)/b5-2+. The summed E-state index contributed by atoms with van der Waals surface area (Å²) < 4.78 is 27.7. The average molecular weight is 316 g/mol. The van der Waals surface area contributed by atoms with Crippen LogP contribution < -0.4 is 4.72 Å². The van der Waals surface area contributed by atoms with E-state index in [2.05, 4.69) is 4.72 Å². The van der Waals surface area contributed by atoms with E-state index in [9.17, 15) is 13.2 Å². The number of thiophene rings is 1. The van der Waals surface area contributed by atoms with E-state index in [1.54, 1.807) is 11.4 Å². The predicted molar refractivity (Wildman–Crippen MR) is 77.5 cm³/mol. The molecule has 0 saturated heterocycles. The largest absolute Gasteiger partial charge is 0.478 e. The maximum atomic E-state index is 11.9. The van der Waals surface area contributed by atoms with E-state index in [1.165, 1.54) is 28.8 Å². The van der Waals surface area contributed by atoms with Gasteiger partial charge in [-0.2, -0.15) is 17.4 Å². The summed E-state index contributed by atoms with van der Waals surface area (Å²) in [6.07, 6.45) is 4.34. The van der Waals surface area contributed by atoms with Gasteiger partial charge < -0.3 is 5.11 Å². The molecule has 1 aromatic heterocycles. The average Bonchev–Trinajstić information content (AvgIpc) is 3.03. The van der Waals surface area contributed by atoms with Gasteiger partial charge in [0.05, 0.1) is 0 Å². The molecule has 1 aliphatic carbocycles. The molecule has 2 N–H and O–H groups in total. The number of aliphatic carboxylic acids is 1. The van der Waals surface area contributed by atoms with Crippen LogP contribution in [0.3, 0.4) is 0 Å². The number of rotatable bonds is 7. The third-order valence-electron chi connectivity index (χ3n) is 2.77. The molecule has 20 heavy (non-hydrogen) atoms. The molecule has 0 amide bonds. The molecule has 0 bridgehead atoms. The highest BCUT2D eigenvalue weighted by molar-refractivity contribution is 7.87. The molecule has 0 atom stereocenters. The smallest absolute Gasteiger partial charge is 0.328 e. The van der Waals surface area contributed by atoms with Gasteiger partial charge in [0, 0.05) is 30.6 Å². The predicted octanol–water partition coefficient (Wildman–Crippen LogP) is 1.27. The van der Waals surface area contributed by atoms with Crippen LogP contribution in [0.4, 0.5) is 0 Å². The summed E-state index contributed by atoms with van der Waals surface area (Å²) in [5, 5.41) is 10.3. The van der Waals surface area contributed by atoms with Gasteiger partial charge >= 0.3 is 5.97 Å². The Kier molecular flexibility index (Phi) is 4.59. The second-order valence-electron chi connectivity index (χ2n) is 4.67. The first kappa shape index (κ1) is 15.2. The fourth-order valence-electron chi connectivity index (χ4n) is 1.54. The summed E-state index contributed by atoms with van der Waals surface area (Å²) in [5.74, 6) is -1.01. The molecule has 1 fully saturated rings. The fraction of sp³-hybridized carbons (Fsp3) is 0.417. The lowest BCUT2D eigenvalue weighted by Crippen LogP contribution is -2.38. The fourth-order valence-corrected chi connectivity index (χ4v) is 3.68. The van der Waals surface area contributed by atoms with Crippen molar-refractivity contribution in [3.05, 3.63) is 28.0 Å². The normalized spacial score (nSPS) is 16.1. The van der Waals surface area contributed by atoms with Gasteiger partial charge in [0.2, 0.25) is 0 Å². The lowest BCUT2D eigenvalue weighted by atomic mass is 10.3. The minimum atomic E-state index is -3.43. The van der Waals surface area contributed by atoms with Gasteiger partial charge in [0.25, 0.3) is 10.2 Å². The first-order valence-electron chi connectivity index (χ1n) is 6.09. The Morgan fingerprint density at radius 3 is 2.90 bits per heavy atom. The third kappa shape index (κ3) is 4.41. The molecule has 8 heteroatoms. The molecule has 0 aliphatic heterocycles. The van der Waals surface area contributed by atoms with Crippen molar-refractivity contribution in [3.63, 3.8) is 0 Å². The Bertz CT molecular complexity index is 617. The molecular formula is C12H16N2O4S2. The highest BCUT2D eigenvalue weighted by atomic mass is 32.2. The summed E-state index contributed by atoms with van der Waals surface area (Å²) in [6.45, 7) is 0.271. The number of hydrogen-bond acceptors (Lipinski definition) is 4. The lowest BCUT2D eigenvalue weighted by molar-refractivity contribution is -0.131. The van der Waals surface area contributed by atoms with Gasteiger partial charge in [-0.15, -0.1) is 11.3 Å². The van der Waals surface area contributed by atoms with Crippen LogP contribution in [-0.2, 0) is 21.5 Å². The zero-order valence-electron chi connectivity index (χ0n) is 10.9. The zero-order chi connectivity index (χ0) is 14.8. The molecule has 1 heterocycles. The van der Waals surface area contributed by atoms with Crippen molar-refractivity contribution in [1.29, 1.82) is 0 Å². The Hall–Kier alpha value is -1.22. The Morgan fingerprint density at radius 1 is 1.60 bits per heavy atom. The van der Waals surface area contributed by atoms with E-state index in [-0.39, 0.29) is 12.6 Å². The number of nitrogens with zero attached hydrogens (tertiary/aromatic N) is 1. The van der Waals surface area contributed by atoms with Crippen molar-refractivity contribution in [2.24, 2.45) is 0 Å². The second-order valence-corrected chi connectivity index (χ2v) is 7.48. The second kappa shape index (κ2) is 6.04. The van der Waals surface area contributed by atoms with Crippen molar-refractivity contribution < 1.29 is 18.3 Å². The first-order chi connectivity index (χ1) is 9.37. The summed E-state index contributed by atoms with van der Waals surface area (Å²) >= 11 is 1.40. The van der Waals surface area contributed by atoms with Crippen LogP contribution in [0.15, 0.2) is 17.5 Å². The summed E-state index contributed by atoms with van der Waals surface area (Å²) in [6, 6.07) is 1.87. The molecule has 2 rings (SSSR count). The Morgan fingerprint density at radius 2 is 2.30 bits per heavy atom. The van der Waals surface area contributed by atoms with Crippen molar-refractivity contribution in [2.45, 2.75) is 25.4 Å². The molecule has 6 nitrogen and oxygen atoms in total. The lowest BCUT2D eigenvalue weighted by Gasteiger charge is -2.16. The van der Waals surface area contributed by atoms with Gasteiger partial charge in [-0.05, 0) is 35.9 Å². The van der Waals surface area contributed by atoms with Gasteiger partial charge in [-0.1, -0.05) is 0 Å². The van der Waals surface area contributed by atoms with Gasteiger partial charge in [-0.25, -0.2) is 4.79 Å². The van der Waals surface area contributed by atoms with E-state index >= 15 is 0 Å².